The second kappa shape index (κ2) is 52.5. The van der Waals surface area contributed by atoms with Gasteiger partial charge in [0.1, 0.15) is 66.1 Å². The molecule has 48 nitrogen and oxygen atoms in total. The number of nitrogens with zero attached hydrogens (tertiary/aromatic N) is 2. The molecule has 0 aliphatic rings. The van der Waals surface area contributed by atoms with E-state index in [-0.39, 0.29) is 75.0 Å². The molecule has 3 rings (SSSR count). The summed E-state index contributed by atoms with van der Waals surface area (Å²) in [4.78, 5) is 263. The predicted octanol–water partition coefficient (Wildman–Crippen LogP) is -8.09. The highest BCUT2D eigenvalue weighted by atomic mass is 19.4. The van der Waals surface area contributed by atoms with Crippen LogP contribution < -0.4 is 91.6 Å². The minimum atomic E-state index is -5.05. The average molecular weight is 1750 g/mol. The van der Waals surface area contributed by atoms with Gasteiger partial charge in [-0.1, -0.05) is 18.2 Å². The van der Waals surface area contributed by atoms with Gasteiger partial charge in [-0.25, -0.2) is 4.79 Å². The molecule has 0 aliphatic heterocycles. The van der Waals surface area contributed by atoms with E-state index < -0.39 is 279 Å². The lowest BCUT2D eigenvalue weighted by molar-refractivity contribution is -0.145. The molecule has 3 aromatic rings. The summed E-state index contributed by atoms with van der Waals surface area (Å²) in [5.41, 5.74) is 11.6. The Labute approximate surface area is 683 Å². The Morgan fingerprint density at radius 2 is 0.721 bits per heavy atom. The summed E-state index contributed by atoms with van der Waals surface area (Å²) in [6.07, 6.45) is -15.0. The Hall–Kier alpha value is -14.4. The Kier molecular flexibility index (Phi) is 44.6. The number of rotatable bonds is 52. The van der Waals surface area contributed by atoms with E-state index in [9.17, 15) is 163 Å². The van der Waals surface area contributed by atoms with E-state index in [1.54, 1.807) is 0 Å². The number of carboxylic acid groups (broad SMARTS) is 6. The molecular weight excluding hydrogens is 1660 g/mol. The minimum absolute atomic E-state index is 0.00447. The van der Waals surface area contributed by atoms with Gasteiger partial charge in [0.05, 0.1) is 95.2 Å². The molecule has 0 unspecified atom stereocenters. The highest BCUT2D eigenvalue weighted by Crippen LogP contribution is 2.42. The SMILES string of the molecule is NCCCC[C@H](NC(=O)[C@H](CC(=O)O)NC(=O)[C@H](CC(=O)O)NC(=O)[C@H](CC(=O)O)NC(=O)[C@H](CC(=O)O)NC(=O)[C@H](CCCCN)NC(=O)[C@H](Cc1ccc(O)cc1)NC(=O)[C@H](CC(=O)O)NC(=O)CNC(=O)CNC(=O)CNC(=O)CNC(=O)CNC(=O)CNC(=O)CN)C(=O)O.O=C/C=C/c1c(C(F)(F)F)cc(-c2cn[nH]n2)cc1C(F)(F)F. The summed E-state index contributed by atoms with van der Waals surface area (Å²) in [6.45, 7) is -4.46. The van der Waals surface area contributed by atoms with E-state index in [2.05, 4.69) is 68.6 Å². The van der Waals surface area contributed by atoms with Gasteiger partial charge in [-0.3, -0.25) is 95.9 Å². The maximum Gasteiger partial charge on any atom is 0.417 e. The summed E-state index contributed by atoms with van der Waals surface area (Å²) in [5.74, 6) is -27.4. The molecule has 14 amide bonds. The zero-order valence-corrected chi connectivity index (χ0v) is 63.8. The molecule has 0 fully saturated rings. The fourth-order valence-corrected chi connectivity index (χ4v) is 10.0. The van der Waals surface area contributed by atoms with Crippen molar-refractivity contribution in [3.63, 3.8) is 0 Å². The molecule has 2 aromatic carbocycles. The number of carboxylic acids is 6. The molecule has 8 atom stereocenters. The van der Waals surface area contributed by atoms with E-state index in [0.29, 0.717) is 30.7 Å². The van der Waals surface area contributed by atoms with E-state index >= 15 is 0 Å². The number of H-pyrrole nitrogens is 1. The van der Waals surface area contributed by atoms with Crippen molar-refractivity contribution in [1.82, 2.24) is 89.8 Å². The number of halogens is 6. The fourth-order valence-electron chi connectivity index (χ4n) is 10.0. The van der Waals surface area contributed by atoms with Crippen molar-refractivity contribution < 1.29 is 163 Å². The van der Waals surface area contributed by atoms with Crippen molar-refractivity contribution >= 4 is 131 Å². The number of phenols is 1. The molecule has 122 heavy (non-hydrogen) atoms. The van der Waals surface area contributed by atoms with Crippen LogP contribution in [0.4, 0.5) is 26.3 Å². The highest BCUT2D eigenvalue weighted by Gasteiger charge is 2.42. The van der Waals surface area contributed by atoms with Gasteiger partial charge in [0.15, 0.2) is 0 Å². The lowest BCUT2D eigenvalue weighted by Crippen LogP contribution is -2.61. The third-order valence-electron chi connectivity index (χ3n) is 15.9. The fraction of sp³-hybridized carbons (Fsp3) is 0.456. The average Bonchev–Trinajstić information content (AvgIpc) is 1.03. The van der Waals surface area contributed by atoms with Crippen LogP contribution in [0.2, 0.25) is 0 Å². The van der Waals surface area contributed by atoms with Crippen LogP contribution in [0.15, 0.2) is 48.7 Å². The minimum Gasteiger partial charge on any atom is -0.508 e. The maximum atomic E-state index is 14.3. The number of unbranched alkanes of at least 4 members (excludes halogenated alkanes) is 2. The Morgan fingerprint density at radius 1 is 0.410 bits per heavy atom. The third kappa shape index (κ3) is 40.7. The summed E-state index contributed by atoms with van der Waals surface area (Å²) in [6, 6.07) is -10.5. The summed E-state index contributed by atoms with van der Waals surface area (Å²) >= 11 is 0. The van der Waals surface area contributed by atoms with Crippen molar-refractivity contribution in [2.45, 2.75) is 138 Å². The second-order valence-electron chi connectivity index (χ2n) is 25.5. The molecule has 0 saturated carbocycles. The Morgan fingerprint density at radius 3 is 1.04 bits per heavy atom. The predicted molar refractivity (Wildman–Crippen MR) is 396 cm³/mol. The first-order chi connectivity index (χ1) is 57.2. The number of benzene rings is 2. The van der Waals surface area contributed by atoms with Gasteiger partial charge >= 0.3 is 48.2 Å². The van der Waals surface area contributed by atoms with Crippen molar-refractivity contribution in [2.75, 3.05) is 58.9 Å². The van der Waals surface area contributed by atoms with Gasteiger partial charge < -0.3 is 127 Å². The van der Waals surface area contributed by atoms with Crippen LogP contribution in [0.5, 0.6) is 5.75 Å². The molecule has 0 bridgehead atoms. The monoisotopic (exact) mass is 1750 g/mol. The first kappa shape index (κ1) is 104. The van der Waals surface area contributed by atoms with Crippen LogP contribution in [-0.2, 0) is 119 Å². The van der Waals surface area contributed by atoms with Crippen LogP contribution >= 0.6 is 0 Å². The van der Waals surface area contributed by atoms with Gasteiger partial charge in [-0.15, -0.1) is 0 Å². The number of phenolic OH excluding ortho intramolecular Hbond substituents is 1. The van der Waals surface area contributed by atoms with Crippen LogP contribution in [0, 0.1) is 0 Å². The Balaban J connectivity index is 0.00000186. The van der Waals surface area contributed by atoms with Crippen molar-refractivity contribution in [3.8, 4) is 17.0 Å². The largest absolute Gasteiger partial charge is 0.508 e. The zero-order chi connectivity index (χ0) is 92.1. The number of aldehydes is 1. The van der Waals surface area contributed by atoms with Crippen molar-refractivity contribution in [3.05, 3.63) is 70.9 Å². The lowest BCUT2D eigenvalue weighted by Gasteiger charge is -2.27. The second-order valence-corrected chi connectivity index (χ2v) is 25.5. The number of alkyl halides is 6. The first-order valence-corrected chi connectivity index (χ1v) is 35.7. The normalized spacial score (nSPS) is 13.0. The standard InChI is InChI=1S/C55H81N17O27.C13H7F6N3O/c56-11-3-1-5-28(48(91)69-33(16-45(85)86)52(95)71-35(18-47(89)90)54(97)72-34(17-46(87)88)53(96)70-32(15-44(83)84)51(94)67-29(55(98)99)6-2-4-12-57)66-49(92)30(13-26-7-9-27(73)10-8-26)68-50(93)31(14-43(81)82)65-42(80)25-64-41(79)24-63-40(78)23-62-39(77)22-61-38(76)21-60-37(75)20-59-36(74)19-58;14-12(15,16)9-4-7(11-6-20-22-21-11)5-10(13(17,18)19)8(9)2-1-3-23/h7-10,28-35,73H,1-6,11-25,56-58H2,(H,59,74)(H,60,75)(H,61,76)(H,62,77)(H,63,78)(H,64,79)(H,65,80)(H,66,92)(H,67,94)(H,68,93)(H,69,91)(H,70,96)(H,71,95)(H,72,97)(H,81,82)(H,83,84)(H,85,86)(H,87,88)(H,89,90)(H,98,99);1-6H,(H,20,21,22)/b;2-1+/t28-,29-,30-,31-,32-,33-,34-,35-;/m0./s1. The van der Waals surface area contributed by atoms with Crippen molar-refractivity contribution in [1.29, 1.82) is 0 Å². The lowest BCUT2D eigenvalue weighted by atomic mass is 9.95. The maximum absolute atomic E-state index is 14.3. The molecule has 0 spiro atoms. The molecule has 1 aromatic heterocycles. The zero-order valence-electron chi connectivity index (χ0n) is 63.8. The molecule has 0 saturated heterocycles. The number of allylic oxidation sites excluding steroid dienone is 1. The summed E-state index contributed by atoms with van der Waals surface area (Å²) in [7, 11) is 0. The number of amides is 14. The number of hydrogen-bond acceptors (Lipinski definition) is 27. The number of nitrogens with two attached hydrogens (primary N) is 3. The number of nitrogens with one attached hydrogen (secondary N) is 15. The number of aromatic nitrogens is 3. The molecule has 28 N–H and O–H groups in total. The Bertz CT molecular complexity index is 4240. The number of hydrogen-bond donors (Lipinski definition) is 25. The van der Waals surface area contributed by atoms with E-state index in [1.165, 1.54) is 12.1 Å². The van der Waals surface area contributed by atoms with Gasteiger partial charge in [0.2, 0.25) is 82.7 Å². The number of aromatic amines is 1. The van der Waals surface area contributed by atoms with Gasteiger partial charge in [0, 0.05) is 12.0 Å². The van der Waals surface area contributed by atoms with Crippen LogP contribution in [0.1, 0.15) is 92.9 Å². The number of carbonyl (C=O) groups is 21. The summed E-state index contributed by atoms with van der Waals surface area (Å²) in [5, 5.41) is 106. The van der Waals surface area contributed by atoms with Crippen LogP contribution in [0.3, 0.4) is 0 Å². The number of aliphatic carboxylic acids is 6. The quantitative estimate of drug-likeness (QED) is 0.0108. The molecule has 54 heteroatoms. The topological polar surface area (TPSA) is 788 Å². The van der Waals surface area contributed by atoms with E-state index in [0.717, 1.165) is 18.3 Å². The third-order valence-corrected chi connectivity index (χ3v) is 15.9. The molecular formula is C68H88F6N20O28. The number of aromatic hydroxyl groups is 1. The first-order valence-electron chi connectivity index (χ1n) is 35.7. The van der Waals surface area contributed by atoms with Gasteiger partial charge in [-0.05, 0) is 93.1 Å². The van der Waals surface area contributed by atoms with Crippen LogP contribution in [0.25, 0.3) is 17.3 Å². The van der Waals surface area contributed by atoms with Gasteiger partial charge in [-0.2, -0.15) is 41.8 Å². The molecule has 0 radical (unpaired) electrons. The molecule has 0 aliphatic carbocycles. The van der Waals surface area contributed by atoms with E-state index in [1.807, 2.05) is 21.3 Å². The molecule has 1 heterocycles. The smallest absolute Gasteiger partial charge is 0.417 e. The van der Waals surface area contributed by atoms with Crippen molar-refractivity contribution in [2.24, 2.45) is 17.2 Å². The molecule has 670 valence electrons. The highest BCUT2D eigenvalue weighted by molar-refractivity contribution is 6.01. The van der Waals surface area contributed by atoms with Crippen LogP contribution in [-0.4, -0.2) is 283 Å². The summed E-state index contributed by atoms with van der Waals surface area (Å²) < 4.78 is 78.8. The van der Waals surface area contributed by atoms with Gasteiger partial charge in [0.25, 0.3) is 0 Å². The number of carbonyl (C=O) groups excluding carboxylic acids is 15. The van der Waals surface area contributed by atoms with E-state index in [4.69, 9.17) is 17.2 Å².